The van der Waals surface area contributed by atoms with Crippen LogP contribution in [0.3, 0.4) is 0 Å². The monoisotopic (exact) mass is 1370 g/mol. The minimum Gasteiger partial charge on any atom is -0.490 e. The third-order valence-electron chi connectivity index (χ3n) is 11.4. The van der Waals surface area contributed by atoms with Crippen LogP contribution in [0.25, 0.3) is 0 Å². The maximum atomic E-state index is 14.4. The van der Waals surface area contributed by atoms with E-state index in [1.807, 2.05) is 0 Å². The molecule has 0 radical (unpaired) electrons. The fraction of sp³-hybridized carbons (Fsp3) is 0.825. The number of benzene rings is 1. The fourth-order valence-electron chi connectivity index (χ4n) is 6.20. The van der Waals surface area contributed by atoms with E-state index < -0.39 is 233 Å². The lowest BCUT2D eigenvalue weighted by Gasteiger charge is -2.39. The number of unbranched alkanes of at least 4 members (excludes halogenated alkanes) is 3. The Hall–Kier alpha value is -4.72. The van der Waals surface area contributed by atoms with Crippen molar-refractivity contribution < 1.29 is 200 Å². The molecule has 46 heteroatoms. The summed E-state index contributed by atoms with van der Waals surface area (Å²) in [5, 5.41) is 20.3. The molecule has 0 saturated carbocycles. The Morgan fingerprint density at radius 2 is 0.593 bits per heavy atom. The number of carbonyl (C=O) groups excluding carboxylic acids is 1. The van der Waals surface area contributed by atoms with Crippen LogP contribution in [0, 0.1) is 0 Å². The number of aliphatic hydroxyl groups is 2. The zero-order valence-electron chi connectivity index (χ0n) is 40.9. The third kappa shape index (κ3) is 14.3. The van der Waals surface area contributed by atoms with Gasteiger partial charge in [0.25, 0.3) is 5.91 Å². The number of aliphatic hydroxyl groups excluding tert-OH is 2. The van der Waals surface area contributed by atoms with Crippen molar-refractivity contribution >= 4 is 5.91 Å². The minimum atomic E-state index is -8.38. The molecule has 0 heterocycles. The summed E-state index contributed by atoms with van der Waals surface area (Å²) in [5.41, 5.74) is -1.11. The molecule has 0 bridgehead atoms. The minimum absolute atomic E-state index is 0.212. The van der Waals surface area contributed by atoms with E-state index in [1.165, 1.54) is 0 Å². The predicted molar refractivity (Wildman–Crippen MR) is 202 cm³/mol. The van der Waals surface area contributed by atoms with Gasteiger partial charge in [0.05, 0.1) is 32.5 Å². The average Bonchev–Trinajstić information content (AvgIpc) is 0.802. The molecule has 0 aliphatic rings. The number of hydrogen-bond acceptors (Lipinski definition) is 6. The van der Waals surface area contributed by atoms with E-state index in [0.717, 1.165) is 0 Å². The Balaban J connectivity index is 3.84. The Morgan fingerprint density at radius 3 is 0.826 bits per heavy atom. The highest BCUT2D eigenvalue weighted by Crippen LogP contribution is 2.64. The molecular formula is C40H34F39NO6. The van der Waals surface area contributed by atoms with Gasteiger partial charge in [0.15, 0.2) is 11.5 Å². The van der Waals surface area contributed by atoms with E-state index >= 15 is 0 Å². The summed E-state index contributed by atoms with van der Waals surface area (Å²) in [6.07, 6.45) is -44.3. The van der Waals surface area contributed by atoms with E-state index in [0.29, 0.717) is 0 Å². The number of carbonyl (C=O) groups is 1. The summed E-state index contributed by atoms with van der Waals surface area (Å²) >= 11 is 0. The number of alkyl halides is 39. The van der Waals surface area contributed by atoms with E-state index in [9.17, 15) is 181 Å². The molecule has 86 heavy (non-hydrogen) atoms. The van der Waals surface area contributed by atoms with Crippen molar-refractivity contribution in [3.8, 4) is 17.2 Å². The highest BCUT2D eigenvalue weighted by molar-refractivity contribution is 5.95. The highest BCUT2D eigenvalue weighted by atomic mass is 19.5. The van der Waals surface area contributed by atoms with Crippen LogP contribution in [0.4, 0.5) is 171 Å². The summed E-state index contributed by atoms with van der Waals surface area (Å²) in [6.45, 7) is -6.94. The molecule has 1 amide bonds. The van der Waals surface area contributed by atoms with Crippen molar-refractivity contribution in [1.82, 2.24) is 5.32 Å². The van der Waals surface area contributed by atoms with E-state index in [4.69, 9.17) is 19.3 Å². The largest absolute Gasteiger partial charge is 0.490 e. The third-order valence-corrected chi connectivity index (χ3v) is 11.4. The first kappa shape index (κ1) is 79.3. The van der Waals surface area contributed by atoms with Crippen LogP contribution >= 0.6 is 0 Å². The molecule has 1 rings (SSSR count). The number of halogens is 39. The van der Waals surface area contributed by atoms with Gasteiger partial charge in [-0.05, 0) is 50.7 Å². The smallest absolute Gasteiger partial charge is 0.460 e. The molecule has 0 aliphatic carbocycles. The van der Waals surface area contributed by atoms with Gasteiger partial charge in [-0.25, -0.2) is 0 Å². The van der Waals surface area contributed by atoms with Gasteiger partial charge in [-0.2, -0.15) is 171 Å². The molecule has 1 aromatic carbocycles. The standard InChI is InChI=1S/C40H34F39NO6/c41-23(42,26(47,48)29(53,54)32(59,60)35(65,66)38(71,72)73)7-1-4-10-84-19-13-17(22(83)80-15-18(82)16-81)14-20(85-11-5-2-8-24(43,44)27(49,50)30(55,56)33(61,62)36(67,68)39(74,75)76)21(19)86-12-6-3-9-25(45,46)28(51,52)31(57,58)34(63,64)37(69,70)40(77,78)79/h13-14,18,81-82H,1-12,15-16H2,(H,80,83). The molecule has 0 aliphatic heterocycles. The zero-order chi connectivity index (χ0) is 68.6. The van der Waals surface area contributed by atoms with Crippen LogP contribution < -0.4 is 19.5 Å². The van der Waals surface area contributed by atoms with Gasteiger partial charge in [-0.15, -0.1) is 0 Å². The van der Waals surface area contributed by atoms with Crippen molar-refractivity contribution in [2.75, 3.05) is 33.0 Å². The van der Waals surface area contributed by atoms with Crippen LogP contribution in [0.5, 0.6) is 17.2 Å². The van der Waals surface area contributed by atoms with Gasteiger partial charge in [0.2, 0.25) is 5.75 Å². The zero-order valence-corrected chi connectivity index (χ0v) is 40.9. The van der Waals surface area contributed by atoms with Gasteiger partial charge < -0.3 is 29.7 Å². The second-order valence-corrected chi connectivity index (χ2v) is 17.8. The lowest BCUT2D eigenvalue weighted by atomic mass is 9.92. The number of rotatable bonds is 34. The first-order valence-electron chi connectivity index (χ1n) is 22.3. The number of nitrogens with one attached hydrogen (secondary N) is 1. The van der Waals surface area contributed by atoms with Crippen LogP contribution in [0.15, 0.2) is 12.1 Å². The van der Waals surface area contributed by atoms with E-state index in [1.54, 1.807) is 5.32 Å². The van der Waals surface area contributed by atoms with E-state index in [-0.39, 0.29) is 12.1 Å². The van der Waals surface area contributed by atoms with Gasteiger partial charge in [0, 0.05) is 31.4 Å². The van der Waals surface area contributed by atoms with Crippen LogP contribution in [0.1, 0.15) is 68.1 Å². The maximum absolute atomic E-state index is 14.4. The predicted octanol–water partition coefficient (Wildman–Crippen LogP) is 15.6. The summed E-state index contributed by atoms with van der Waals surface area (Å²) in [6, 6.07) is 0.424. The second kappa shape index (κ2) is 25.3. The number of amides is 1. The lowest BCUT2D eigenvalue weighted by Crippen LogP contribution is -2.70. The molecule has 1 unspecified atom stereocenters. The van der Waals surface area contributed by atoms with Gasteiger partial charge in [-0.1, -0.05) is 0 Å². The fourth-order valence-corrected chi connectivity index (χ4v) is 6.20. The molecule has 508 valence electrons. The summed E-state index contributed by atoms with van der Waals surface area (Å²) in [4.78, 5) is 12.9. The molecule has 3 N–H and O–H groups in total. The number of hydrogen-bond donors (Lipinski definition) is 3. The van der Waals surface area contributed by atoms with Crippen molar-refractivity contribution in [2.45, 2.75) is 171 Å². The molecule has 0 aromatic heterocycles. The Morgan fingerprint density at radius 1 is 0.360 bits per heavy atom. The molecular weight excluding hydrogens is 1330 g/mol. The Labute approximate surface area is 451 Å². The second-order valence-electron chi connectivity index (χ2n) is 17.8. The summed E-state index contributed by atoms with van der Waals surface area (Å²) in [7, 11) is 0. The van der Waals surface area contributed by atoms with Gasteiger partial charge in [-0.3, -0.25) is 4.79 Å². The Kier molecular flexibility index (Phi) is 23.3. The van der Waals surface area contributed by atoms with Crippen LogP contribution in [-0.2, 0) is 0 Å². The number of ether oxygens (including phenoxy) is 3. The van der Waals surface area contributed by atoms with Crippen molar-refractivity contribution in [3.63, 3.8) is 0 Å². The van der Waals surface area contributed by atoms with E-state index in [2.05, 4.69) is 0 Å². The van der Waals surface area contributed by atoms with Crippen molar-refractivity contribution in [3.05, 3.63) is 17.7 Å². The first-order chi connectivity index (χ1) is 37.8. The van der Waals surface area contributed by atoms with Crippen molar-refractivity contribution in [1.29, 1.82) is 0 Å². The van der Waals surface area contributed by atoms with Gasteiger partial charge >= 0.3 is 107 Å². The molecule has 7 nitrogen and oxygen atoms in total. The van der Waals surface area contributed by atoms with Gasteiger partial charge in [0.1, 0.15) is 0 Å². The SMILES string of the molecule is O=C(NCC(O)CO)c1cc(OCCCCC(F)(F)C(F)(F)C(F)(F)C(F)(F)C(F)(F)C(F)(F)F)c(OCCCCC(F)(F)C(F)(F)C(F)(F)C(F)(F)C(F)(F)C(F)(F)F)c(OCCCCC(F)(F)C(F)(F)C(F)(F)C(F)(F)C(F)(F)C(F)(F)F)c1. The highest BCUT2D eigenvalue weighted by Gasteiger charge is 2.93. The maximum Gasteiger partial charge on any atom is 0.460 e. The average molecular weight is 1370 g/mol. The first-order valence-corrected chi connectivity index (χ1v) is 22.3. The van der Waals surface area contributed by atoms with Crippen LogP contribution in [-0.4, -0.2) is 163 Å². The molecule has 1 atom stereocenters. The molecule has 1 aromatic rings. The normalized spacial score (nSPS) is 15.7. The quantitative estimate of drug-likeness (QED) is 0.0470. The lowest BCUT2D eigenvalue weighted by molar-refractivity contribution is -0.440. The molecule has 0 fully saturated rings. The summed E-state index contributed by atoms with van der Waals surface area (Å²) < 4.78 is 544. The topological polar surface area (TPSA) is 97.3 Å². The van der Waals surface area contributed by atoms with Crippen LogP contribution in [0.2, 0.25) is 0 Å². The molecule has 0 spiro atoms. The molecule has 0 saturated heterocycles. The van der Waals surface area contributed by atoms with Crippen molar-refractivity contribution in [2.24, 2.45) is 0 Å². The Bertz CT molecular complexity index is 2290. The summed E-state index contributed by atoms with van der Waals surface area (Å²) in [5.74, 6) is -124.